The number of pyridine rings is 1. The van der Waals surface area contributed by atoms with Crippen molar-refractivity contribution in [3.05, 3.63) is 88.1 Å². The Morgan fingerprint density at radius 1 is 0.936 bits per heavy atom. The second kappa shape index (κ2) is 26.9. The van der Waals surface area contributed by atoms with Crippen molar-refractivity contribution in [1.82, 2.24) is 40.5 Å². The number of anilines is 2. The predicted molar refractivity (Wildman–Crippen MR) is 286 cm³/mol. The topological polar surface area (TPSA) is 284 Å². The Morgan fingerprint density at radius 2 is 1.63 bits per heavy atom. The molecule has 3 aliphatic rings. The Kier molecular flexibility index (Phi) is 20.2. The number of carbonyl (C=O) groups excluding carboxylic acids is 5. The van der Waals surface area contributed by atoms with Gasteiger partial charge < -0.3 is 65.8 Å². The molecule has 7 rings (SSSR count). The first kappa shape index (κ1) is 58.5. The van der Waals surface area contributed by atoms with Crippen LogP contribution < -0.4 is 37.1 Å². The maximum Gasteiger partial charge on any atom is 0.254 e. The summed E-state index contributed by atoms with van der Waals surface area (Å²) in [4.78, 5) is 75.8. The number of nitrogen functional groups attached to an aromatic ring is 1. The molecule has 1 fully saturated rings. The molecule has 4 aromatic rings. The van der Waals surface area contributed by atoms with Crippen LogP contribution in [0.25, 0.3) is 11.1 Å². The zero-order chi connectivity index (χ0) is 56.1. The van der Waals surface area contributed by atoms with Gasteiger partial charge in [0, 0.05) is 62.4 Å². The molecule has 5 heterocycles. The van der Waals surface area contributed by atoms with E-state index in [-0.39, 0.29) is 100 Å². The number of primary amides is 1. The minimum atomic E-state index is -0.894. The van der Waals surface area contributed by atoms with Gasteiger partial charge in [0.05, 0.1) is 89.4 Å². The van der Waals surface area contributed by atoms with E-state index in [1.165, 1.54) is 28.0 Å². The number of halogens is 1. The van der Waals surface area contributed by atoms with E-state index in [0.29, 0.717) is 92.0 Å². The highest BCUT2D eigenvalue weighted by atomic mass is 19.1. The van der Waals surface area contributed by atoms with E-state index in [1.807, 2.05) is 43.9 Å². The SMILES string of the molecule is CN[C@@H](C)C(=O)N[C@H](C(=O)N1Cc2cc(OCCOCCOCCOCCOCCC(=O)NCCn3nc(C#N)c4c3CN(C)C(=O)c3ccc(F)cc3[C@H]3CCCN3c3cc-4cnc3N)ccc2C[C@H]1C(N)=O)C(C)(C)C. The Balaban J connectivity index is 0.774. The third kappa shape index (κ3) is 14.5. The first-order chi connectivity index (χ1) is 37.4. The van der Waals surface area contributed by atoms with Crippen LogP contribution in [0, 0.1) is 22.6 Å². The van der Waals surface area contributed by atoms with E-state index in [4.69, 9.17) is 35.2 Å². The normalized spacial score (nSPS) is 16.8. The smallest absolute Gasteiger partial charge is 0.254 e. The van der Waals surface area contributed by atoms with Crippen molar-refractivity contribution in [3.63, 3.8) is 0 Å². The van der Waals surface area contributed by atoms with Crippen LogP contribution in [0.5, 0.6) is 5.75 Å². The zero-order valence-electron chi connectivity index (χ0n) is 45.4. The maximum absolute atomic E-state index is 14.7. The molecule has 0 aliphatic carbocycles. The van der Waals surface area contributed by atoms with Crippen molar-refractivity contribution in [1.29, 1.82) is 5.26 Å². The summed E-state index contributed by atoms with van der Waals surface area (Å²) in [6, 6.07) is 11.2. The van der Waals surface area contributed by atoms with Gasteiger partial charge in [0.2, 0.25) is 23.6 Å². The lowest BCUT2D eigenvalue weighted by Gasteiger charge is -2.40. The number of nitrogens with one attached hydrogen (secondary N) is 3. The second-order valence-corrected chi connectivity index (χ2v) is 20.6. The highest BCUT2D eigenvalue weighted by Gasteiger charge is 2.42. The quantitative estimate of drug-likeness (QED) is 0.0631. The van der Waals surface area contributed by atoms with E-state index in [1.54, 1.807) is 38.0 Å². The van der Waals surface area contributed by atoms with Crippen LogP contribution in [-0.4, -0.2) is 159 Å². The fraction of sp³-hybridized carbons (Fsp3) is 0.527. The molecular weight excluding hydrogens is 1010 g/mol. The summed E-state index contributed by atoms with van der Waals surface area (Å²) in [5, 5.41) is 23.5. The molecule has 2 aromatic carbocycles. The van der Waals surface area contributed by atoms with Crippen molar-refractivity contribution >= 4 is 41.0 Å². The van der Waals surface area contributed by atoms with E-state index in [9.17, 15) is 33.6 Å². The van der Waals surface area contributed by atoms with Gasteiger partial charge in [-0.1, -0.05) is 26.8 Å². The van der Waals surface area contributed by atoms with Crippen LogP contribution in [0.1, 0.15) is 91.4 Å². The fourth-order valence-corrected chi connectivity index (χ4v) is 9.82. The lowest BCUT2D eigenvalue weighted by Crippen LogP contribution is -2.61. The average molecular weight is 1080 g/mol. The minimum absolute atomic E-state index is 0.0622. The predicted octanol–water partition coefficient (Wildman–Crippen LogP) is 2.99. The largest absolute Gasteiger partial charge is 0.491 e. The number of nitrogens with zero attached hydrogens (tertiary/aromatic N) is 7. The number of fused-ring (bicyclic) bond motifs is 9. The number of hydrogen-bond acceptors (Lipinski definition) is 16. The third-order valence-electron chi connectivity index (χ3n) is 14.1. The van der Waals surface area contributed by atoms with Gasteiger partial charge in [0.15, 0.2) is 5.69 Å². The summed E-state index contributed by atoms with van der Waals surface area (Å²) in [7, 11) is 3.31. The van der Waals surface area contributed by atoms with Crippen LogP contribution in [0.2, 0.25) is 0 Å². The molecule has 5 amide bonds. The van der Waals surface area contributed by atoms with Crippen LogP contribution in [0.4, 0.5) is 15.9 Å². The van der Waals surface area contributed by atoms with Crippen LogP contribution in [-0.2, 0) is 64.2 Å². The van der Waals surface area contributed by atoms with Crippen molar-refractivity contribution in [2.24, 2.45) is 11.1 Å². The summed E-state index contributed by atoms with van der Waals surface area (Å²) in [5.41, 5.74) is 16.7. The monoisotopic (exact) mass is 1080 g/mol. The number of amides is 5. The Bertz CT molecular complexity index is 2830. The molecule has 23 heteroatoms. The standard InChI is InChI=1S/C55H73FN12O10/c1-34(60-5)52(71)63-49(55(2,3)4)54(73)67-32-37-26-39(11-9-35(37)27-45(67)51(59)70)78-25-24-77-23-22-76-21-20-75-19-18-74-17-13-47(69)61-14-16-68-46-33-65(6)53(72)40-12-10-38(56)29-41(40)43-8-7-15-66(43)44-28-36(31-62-50(44)58)48(46)42(30-57)64-68/h9-12,26,28-29,31,34,43,45,49,60H,7-8,13-25,27,32-33H2,1-6H3,(H2,58,62)(H2,59,70)(H,61,69)(H,63,71)/t34-,43+,45-,49+/m0/s1. The van der Waals surface area contributed by atoms with Crippen molar-refractivity contribution in [3.8, 4) is 22.9 Å². The van der Waals surface area contributed by atoms with Gasteiger partial charge in [0.1, 0.15) is 42.1 Å². The van der Waals surface area contributed by atoms with Gasteiger partial charge in [-0.2, -0.15) is 10.4 Å². The number of carbonyl (C=O) groups is 5. The van der Waals surface area contributed by atoms with Crippen LogP contribution in [0.3, 0.4) is 0 Å². The van der Waals surface area contributed by atoms with E-state index in [0.717, 1.165) is 17.5 Å². The second-order valence-electron chi connectivity index (χ2n) is 20.6. The lowest BCUT2D eigenvalue weighted by atomic mass is 9.84. The van der Waals surface area contributed by atoms with Gasteiger partial charge in [0.25, 0.3) is 5.91 Å². The van der Waals surface area contributed by atoms with Crippen molar-refractivity contribution < 1.29 is 52.0 Å². The number of aromatic nitrogens is 3. The minimum Gasteiger partial charge on any atom is -0.491 e. The van der Waals surface area contributed by atoms with E-state index in [2.05, 4.69) is 32.1 Å². The molecule has 420 valence electrons. The highest BCUT2D eigenvalue weighted by Crippen LogP contribution is 2.43. The Morgan fingerprint density at radius 3 is 2.29 bits per heavy atom. The molecule has 22 nitrogen and oxygen atoms in total. The summed E-state index contributed by atoms with van der Waals surface area (Å²) in [6.07, 6.45) is 3.42. The highest BCUT2D eigenvalue weighted by molar-refractivity contribution is 5.96. The van der Waals surface area contributed by atoms with Crippen LogP contribution >= 0.6 is 0 Å². The summed E-state index contributed by atoms with van der Waals surface area (Å²) in [5.74, 6) is -1.48. The summed E-state index contributed by atoms with van der Waals surface area (Å²) >= 11 is 0. The number of likely N-dealkylation sites (N-methyl/N-ethyl adjacent to an activating group) is 1. The van der Waals surface area contributed by atoms with Crippen molar-refractivity contribution in [2.75, 3.05) is 97.3 Å². The fourth-order valence-electron chi connectivity index (χ4n) is 9.82. The molecule has 78 heavy (non-hydrogen) atoms. The van der Waals surface area contributed by atoms with Gasteiger partial charge in [-0.3, -0.25) is 28.7 Å². The van der Waals surface area contributed by atoms with Gasteiger partial charge in [-0.05, 0) is 85.3 Å². The van der Waals surface area contributed by atoms with Crippen LogP contribution in [0.15, 0.2) is 48.7 Å². The molecule has 2 bridgehead atoms. The summed E-state index contributed by atoms with van der Waals surface area (Å²) < 4.78 is 44.8. The molecular formula is C55H73FN12O10. The first-order valence-corrected chi connectivity index (χ1v) is 26.4. The lowest BCUT2D eigenvalue weighted by molar-refractivity contribution is -0.146. The number of hydrogen-bond donors (Lipinski definition) is 5. The molecule has 0 radical (unpaired) electrons. The van der Waals surface area contributed by atoms with Gasteiger partial charge >= 0.3 is 0 Å². The van der Waals surface area contributed by atoms with E-state index >= 15 is 0 Å². The molecule has 1 saturated heterocycles. The molecule has 0 spiro atoms. The maximum atomic E-state index is 14.7. The molecule has 4 atom stereocenters. The van der Waals surface area contributed by atoms with E-state index < -0.39 is 35.3 Å². The first-order valence-electron chi connectivity index (χ1n) is 26.4. The van der Waals surface area contributed by atoms with Crippen molar-refractivity contribution in [2.45, 2.75) is 97.2 Å². The molecule has 7 N–H and O–H groups in total. The summed E-state index contributed by atoms with van der Waals surface area (Å²) in [6.45, 7) is 11.2. The number of nitriles is 1. The number of benzene rings is 2. The third-order valence-corrected chi connectivity index (χ3v) is 14.1. The number of nitrogens with two attached hydrogens (primary N) is 2. The van der Waals surface area contributed by atoms with Gasteiger partial charge in [-0.15, -0.1) is 0 Å². The average Bonchev–Trinajstić information content (AvgIpc) is 4.10. The number of rotatable bonds is 24. The molecule has 2 aromatic heterocycles. The number of ether oxygens (including phenoxy) is 5. The molecule has 3 aliphatic heterocycles. The Labute approximate surface area is 454 Å². The zero-order valence-corrected chi connectivity index (χ0v) is 45.4. The molecule has 0 saturated carbocycles. The van der Waals surface area contributed by atoms with Gasteiger partial charge in [-0.25, -0.2) is 9.37 Å². The Hall–Kier alpha value is -7.23. The molecule has 0 unspecified atom stereocenters.